The number of nitriles is 2. The van der Waals surface area contributed by atoms with Crippen LogP contribution in [0.2, 0.25) is 0 Å². The molecular formula is C16H26N4O3S. The summed E-state index contributed by atoms with van der Waals surface area (Å²) >= 11 is 0. The minimum atomic E-state index is -1.02. The number of hydrogen-bond acceptors (Lipinski definition) is 5. The molecule has 0 saturated carbocycles. The lowest BCUT2D eigenvalue weighted by atomic mass is 9.87. The van der Waals surface area contributed by atoms with Crippen molar-refractivity contribution in [3.8, 4) is 12.4 Å². The summed E-state index contributed by atoms with van der Waals surface area (Å²) in [6.07, 6.45) is 5.57. The zero-order valence-electron chi connectivity index (χ0n) is 14.8. The molecule has 8 heteroatoms. The van der Waals surface area contributed by atoms with E-state index in [-0.39, 0.29) is 11.8 Å². The minimum absolute atomic E-state index is 0.332. The van der Waals surface area contributed by atoms with E-state index in [4.69, 9.17) is 10.5 Å². The SMILES string of the molecule is CC(C)(CCCS(=O)CCCC(C)(C)C(=O)NC#N)C(=O)NC#N. The van der Waals surface area contributed by atoms with Gasteiger partial charge < -0.3 is 0 Å². The summed E-state index contributed by atoms with van der Waals surface area (Å²) in [5.74, 6) is 0.296. The van der Waals surface area contributed by atoms with E-state index in [1.165, 1.54) is 0 Å². The Morgan fingerprint density at radius 2 is 1.21 bits per heavy atom. The molecule has 0 bridgehead atoms. The van der Waals surface area contributed by atoms with Crippen LogP contribution in [0.15, 0.2) is 0 Å². The topological polar surface area (TPSA) is 123 Å². The zero-order chi connectivity index (χ0) is 18.8. The lowest BCUT2D eigenvalue weighted by molar-refractivity contribution is -0.129. The van der Waals surface area contributed by atoms with Crippen molar-refractivity contribution in [2.75, 3.05) is 11.5 Å². The molecule has 134 valence electrons. The van der Waals surface area contributed by atoms with E-state index in [1.807, 2.05) is 0 Å². The fraction of sp³-hybridized carbons (Fsp3) is 0.750. The Balaban J connectivity index is 4.13. The predicted molar refractivity (Wildman–Crippen MR) is 91.4 cm³/mol. The largest absolute Gasteiger partial charge is 0.273 e. The Labute approximate surface area is 146 Å². The lowest BCUT2D eigenvalue weighted by Gasteiger charge is -2.22. The number of hydrogen-bond donors (Lipinski definition) is 2. The molecule has 0 aromatic rings. The molecule has 0 aromatic heterocycles. The maximum absolute atomic E-state index is 12.0. The van der Waals surface area contributed by atoms with Gasteiger partial charge in [-0.3, -0.25) is 24.4 Å². The zero-order valence-corrected chi connectivity index (χ0v) is 15.6. The third-order valence-electron chi connectivity index (χ3n) is 3.92. The van der Waals surface area contributed by atoms with Crippen LogP contribution in [0.25, 0.3) is 0 Å². The Hall–Kier alpha value is -1.93. The van der Waals surface area contributed by atoms with Gasteiger partial charge in [-0.25, -0.2) is 0 Å². The maximum atomic E-state index is 12.0. The van der Waals surface area contributed by atoms with Crippen molar-refractivity contribution < 1.29 is 13.8 Å². The van der Waals surface area contributed by atoms with Gasteiger partial charge in [0.1, 0.15) is 0 Å². The van der Waals surface area contributed by atoms with Gasteiger partial charge in [0, 0.05) is 33.1 Å². The molecule has 2 N–H and O–H groups in total. The molecule has 0 aromatic carbocycles. The van der Waals surface area contributed by atoms with Gasteiger partial charge in [-0.2, -0.15) is 10.5 Å². The highest BCUT2D eigenvalue weighted by molar-refractivity contribution is 7.84. The van der Waals surface area contributed by atoms with E-state index in [0.29, 0.717) is 37.2 Å². The maximum Gasteiger partial charge on any atom is 0.238 e. The Morgan fingerprint density at radius 1 is 0.875 bits per heavy atom. The Bertz CT molecular complexity index is 511. The van der Waals surface area contributed by atoms with Gasteiger partial charge in [0.2, 0.25) is 11.8 Å². The normalized spacial score (nSPS) is 11.5. The van der Waals surface area contributed by atoms with Crippen molar-refractivity contribution in [2.24, 2.45) is 10.8 Å². The first-order valence-electron chi connectivity index (χ1n) is 7.81. The van der Waals surface area contributed by atoms with Gasteiger partial charge >= 0.3 is 0 Å². The van der Waals surface area contributed by atoms with Crippen LogP contribution in [-0.4, -0.2) is 27.5 Å². The molecule has 0 radical (unpaired) electrons. The van der Waals surface area contributed by atoms with Crippen LogP contribution < -0.4 is 10.6 Å². The van der Waals surface area contributed by atoms with Crippen LogP contribution in [0.1, 0.15) is 53.4 Å². The second kappa shape index (κ2) is 10.0. The van der Waals surface area contributed by atoms with E-state index < -0.39 is 21.6 Å². The molecule has 0 atom stereocenters. The second-order valence-electron chi connectivity index (χ2n) is 6.95. The number of rotatable bonds is 10. The van der Waals surface area contributed by atoms with Crippen LogP contribution in [0.5, 0.6) is 0 Å². The van der Waals surface area contributed by atoms with Crippen molar-refractivity contribution in [1.82, 2.24) is 10.6 Å². The van der Waals surface area contributed by atoms with E-state index in [9.17, 15) is 13.8 Å². The standard InChI is InChI=1S/C16H26N4O3S/c1-15(2,13(21)19-11-17)7-5-9-24(23)10-6-8-16(3,4)14(22)20-12-18/h5-10H2,1-4H3,(H,19,21)(H,20,22). The van der Waals surface area contributed by atoms with E-state index in [1.54, 1.807) is 40.1 Å². The summed E-state index contributed by atoms with van der Waals surface area (Å²) in [6.45, 7) is 7.00. The molecule has 0 aliphatic heterocycles. The summed E-state index contributed by atoms with van der Waals surface area (Å²) in [6, 6.07) is 0. The lowest BCUT2D eigenvalue weighted by Crippen LogP contribution is -2.34. The molecule has 0 aliphatic carbocycles. The van der Waals surface area contributed by atoms with Crippen molar-refractivity contribution in [3.63, 3.8) is 0 Å². The van der Waals surface area contributed by atoms with E-state index in [0.717, 1.165) is 0 Å². The van der Waals surface area contributed by atoms with Gasteiger partial charge in [-0.15, -0.1) is 0 Å². The summed E-state index contributed by atoms with van der Waals surface area (Å²) in [5, 5.41) is 21.2. The number of nitrogens with zero attached hydrogens (tertiary/aromatic N) is 2. The van der Waals surface area contributed by atoms with Gasteiger partial charge in [-0.05, 0) is 25.7 Å². The van der Waals surface area contributed by atoms with Crippen molar-refractivity contribution in [1.29, 1.82) is 10.5 Å². The number of carbonyl (C=O) groups excluding carboxylic acids is 2. The summed E-state index contributed by atoms with van der Waals surface area (Å²) in [4.78, 5) is 23.3. The van der Waals surface area contributed by atoms with Crippen LogP contribution in [0.3, 0.4) is 0 Å². The molecule has 24 heavy (non-hydrogen) atoms. The second-order valence-corrected chi connectivity index (χ2v) is 8.65. The highest BCUT2D eigenvalue weighted by Gasteiger charge is 2.28. The number of carbonyl (C=O) groups is 2. The molecule has 0 fully saturated rings. The van der Waals surface area contributed by atoms with Crippen molar-refractivity contribution >= 4 is 22.6 Å². The highest BCUT2D eigenvalue weighted by atomic mass is 32.2. The fourth-order valence-corrected chi connectivity index (χ4v) is 3.26. The average molecular weight is 354 g/mol. The third-order valence-corrected chi connectivity index (χ3v) is 5.40. The summed E-state index contributed by atoms with van der Waals surface area (Å²) < 4.78 is 12.0. The van der Waals surface area contributed by atoms with E-state index in [2.05, 4.69) is 10.6 Å². The summed E-state index contributed by atoms with van der Waals surface area (Å²) in [5.41, 5.74) is -1.34. The van der Waals surface area contributed by atoms with Crippen molar-refractivity contribution in [3.05, 3.63) is 0 Å². The average Bonchev–Trinajstić information content (AvgIpc) is 2.47. The molecule has 7 nitrogen and oxygen atoms in total. The molecule has 0 rings (SSSR count). The van der Waals surface area contributed by atoms with Crippen LogP contribution in [-0.2, 0) is 20.4 Å². The quantitative estimate of drug-likeness (QED) is 0.455. The molecule has 0 aliphatic rings. The van der Waals surface area contributed by atoms with Crippen LogP contribution >= 0.6 is 0 Å². The fourth-order valence-electron chi connectivity index (χ4n) is 2.12. The molecule has 0 saturated heterocycles. The van der Waals surface area contributed by atoms with E-state index >= 15 is 0 Å². The molecular weight excluding hydrogens is 328 g/mol. The number of amides is 2. The first-order chi connectivity index (χ1) is 11.1. The molecule has 2 amide bonds. The van der Waals surface area contributed by atoms with Gasteiger partial charge in [-0.1, -0.05) is 27.7 Å². The van der Waals surface area contributed by atoms with Gasteiger partial charge in [0.15, 0.2) is 12.4 Å². The molecule has 0 spiro atoms. The van der Waals surface area contributed by atoms with Crippen LogP contribution in [0.4, 0.5) is 0 Å². The Kier molecular flexibility index (Phi) is 9.24. The third kappa shape index (κ3) is 8.07. The molecule has 0 heterocycles. The first kappa shape index (κ1) is 22.1. The summed E-state index contributed by atoms with van der Waals surface area (Å²) in [7, 11) is -1.02. The molecule has 0 unspecified atom stereocenters. The minimum Gasteiger partial charge on any atom is -0.273 e. The highest BCUT2D eigenvalue weighted by Crippen LogP contribution is 2.24. The van der Waals surface area contributed by atoms with Crippen LogP contribution in [0, 0.1) is 33.7 Å². The predicted octanol–water partition coefficient (Wildman–Crippen LogP) is 1.54. The number of nitrogens with one attached hydrogen (secondary N) is 2. The monoisotopic (exact) mass is 354 g/mol. The smallest absolute Gasteiger partial charge is 0.238 e. The van der Waals surface area contributed by atoms with Gasteiger partial charge in [0.05, 0.1) is 0 Å². The van der Waals surface area contributed by atoms with Crippen molar-refractivity contribution in [2.45, 2.75) is 53.4 Å². The first-order valence-corrected chi connectivity index (χ1v) is 9.29. The van der Waals surface area contributed by atoms with Gasteiger partial charge in [0.25, 0.3) is 0 Å². The Morgan fingerprint density at radius 3 is 1.50 bits per heavy atom.